The van der Waals surface area contributed by atoms with Crippen LogP contribution >= 0.6 is 11.3 Å². The molecule has 27 heavy (non-hydrogen) atoms. The fourth-order valence-corrected chi connectivity index (χ4v) is 4.04. The average molecular weight is 392 g/mol. The average Bonchev–Trinajstić information content (AvgIpc) is 3.36. The molecule has 0 unspecified atom stereocenters. The highest BCUT2D eigenvalue weighted by Gasteiger charge is 2.31. The standard InChI is InChI=1S/C18H24N4O4S/c1-13-4-5-14(27-13)16(24)19-12-15(23)20-8-10-22(11-9-20)18(26)17(25)21-6-2-3-7-21/h4-5H,2-3,6-12H2,1H3,(H,19,24). The molecular weight excluding hydrogens is 368 g/mol. The van der Waals surface area contributed by atoms with Crippen molar-refractivity contribution in [3.63, 3.8) is 0 Å². The van der Waals surface area contributed by atoms with E-state index in [1.165, 1.54) is 16.2 Å². The van der Waals surface area contributed by atoms with E-state index >= 15 is 0 Å². The van der Waals surface area contributed by atoms with Crippen LogP contribution in [0.1, 0.15) is 27.4 Å². The number of likely N-dealkylation sites (tertiary alicyclic amines) is 1. The zero-order chi connectivity index (χ0) is 19.4. The van der Waals surface area contributed by atoms with E-state index < -0.39 is 11.8 Å². The maximum Gasteiger partial charge on any atom is 0.312 e. The van der Waals surface area contributed by atoms with E-state index in [0.29, 0.717) is 44.1 Å². The summed E-state index contributed by atoms with van der Waals surface area (Å²) in [5, 5.41) is 2.64. The first-order valence-electron chi connectivity index (χ1n) is 9.16. The second kappa shape index (κ2) is 8.51. The van der Waals surface area contributed by atoms with E-state index in [4.69, 9.17) is 0 Å². The Bertz CT molecular complexity index is 733. The summed E-state index contributed by atoms with van der Waals surface area (Å²) in [4.78, 5) is 55.2. The van der Waals surface area contributed by atoms with Gasteiger partial charge in [-0.2, -0.15) is 0 Å². The lowest BCUT2D eigenvalue weighted by atomic mass is 10.3. The highest BCUT2D eigenvalue weighted by molar-refractivity contribution is 7.13. The summed E-state index contributed by atoms with van der Waals surface area (Å²) < 4.78 is 0. The smallest absolute Gasteiger partial charge is 0.312 e. The first-order valence-corrected chi connectivity index (χ1v) is 9.98. The van der Waals surface area contributed by atoms with Gasteiger partial charge in [-0.25, -0.2) is 0 Å². The number of piperazine rings is 1. The Morgan fingerprint density at radius 2 is 1.44 bits per heavy atom. The fourth-order valence-electron chi connectivity index (χ4n) is 3.26. The SMILES string of the molecule is Cc1ccc(C(=O)NCC(=O)N2CCN(C(=O)C(=O)N3CCCC3)CC2)s1. The van der Waals surface area contributed by atoms with Crippen molar-refractivity contribution in [1.29, 1.82) is 0 Å². The Hall–Kier alpha value is -2.42. The van der Waals surface area contributed by atoms with Crippen molar-refractivity contribution in [3.05, 3.63) is 21.9 Å². The van der Waals surface area contributed by atoms with Crippen LogP contribution < -0.4 is 5.32 Å². The summed E-state index contributed by atoms with van der Waals surface area (Å²) in [5.41, 5.74) is 0. The van der Waals surface area contributed by atoms with Crippen LogP contribution in [0.25, 0.3) is 0 Å². The number of carbonyl (C=O) groups excluding carboxylic acids is 4. The molecule has 0 aliphatic carbocycles. The molecule has 0 atom stereocenters. The number of aryl methyl sites for hydroxylation is 1. The Kier molecular flexibility index (Phi) is 6.10. The topological polar surface area (TPSA) is 90.0 Å². The molecule has 2 aliphatic heterocycles. The summed E-state index contributed by atoms with van der Waals surface area (Å²) in [5.74, 6) is -1.36. The Morgan fingerprint density at radius 1 is 0.889 bits per heavy atom. The lowest BCUT2D eigenvalue weighted by Gasteiger charge is -2.35. The maximum absolute atomic E-state index is 12.3. The Balaban J connectivity index is 1.43. The molecule has 0 saturated carbocycles. The number of carbonyl (C=O) groups is 4. The summed E-state index contributed by atoms with van der Waals surface area (Å²) in [6.07, 6.45) is 1.89. The van der Waals surface area contributed by atoms with E-state index in [9.17, 15) is 19.2 Å². The molecule has 9 heteroatoms. The molecule has 3 rings (SSSR count). The minimum atomic E-state index is -0.481. The van der Waals surface area contributed by atoms with Crippen molar-refractivity contribution in [3.8, 4) is 0 Å². The van der Waals surface area contributed by atoms with Gasteiger partial charge in [-0.3, -0.25) is 19.2 Å². The molecular formula is C18H24N4O4S. The molecule has 1 N–H and O–H groups in total. The molecule has 4 amide bonds. The molecule has 1 aromatic rings. The van der Waals surface area contributed by atoms with Gasteiger partial charge in [0.2, 0.25) is 5.91 Å². The maximum atomic E-state index is 12.3. The number of rotatable bonds is 3. The molecule has 146 valence electrons. The van der Waals surface area contributed by atoms with E-state index in [1.807, 2.05) is 13.0 Å². The van der Waals surface area contributed by atoms with E-state index in [-0.39, 0.29) is 18.4 Å². The van der Waals surface area contributed by atoms with Gasteiger partial charge in [-0.15, -0.1) is 11.3 Å². The number of hydrogen-bond acceptors (Lipinski definition) is 5. The highest BCUT2D eigenvalue weighted by Crippen LogP contribution is 2.14. The van der Waals surface area contributed by atoms with Crippen molar-refractivity contribution in [2.45, 2.75) is 19.8 Å². The van der Waals surface area contributed by atoms with Gasteiger partial charge in [-0.05, 0) is 31.9 Å². The predicted octanol–water partition coefficient (Wildman–Crippen LogP) is 0.0795. The first kappa shape index (κ1) is 19.3. The predicted molar refractivity (Wildman–Crippen MR) is 100 cm³/mol. The van der Waals surface area contributed by atoms with Crippen molar-refractivity contribution in [1.82, 2.24) is 20.0 Å². The van der Waals surface area contributed by atoms with Crippen LogP contribution in [0.5, 0.6) is 0 Å². The van der Waals surface area contributed by atoms with Crippen LogP contribution in [0.4, 0.5) is 0 Å². The Morgan fingerprint density at radius 3 is 2.00 bits per heavy atom. The van der Waals surface area contributed by atoms with Gasteiger partial charge < -0.3 is 20.0 Å². The second-order valence-electron chi connectivity index (χ2n) is 6.77. The second-order valence-corrected chi connectivity index (χ2v) is 8.05. The number of thiophene rings is 1. The van der Waals surface area contributed by atoms with Crippen LogP contribution in [0.15, 0.2) is 12.1 Å². The van der Waals surface area contributed by atoms with Gasteiger partial charge in [0.1, 0.15) is 0 Å². The molecule has 2 fully saturated rings. The lowest BCUT2D eigenvalue weighted by Crippen LogP contribution is -2.55. The lowest BCUT2D eigenvalue weighted by molar-refractivity contribution is -0.153. The normalized spacial score (nSPS) is 17.1. The minimum absolute atomic E-state index is 0.0730. The first-order chi connectivity index (χ1) is 13.0. The summed E-state index contributed by atoms with van der Waals surface area (Å²) >= 11 is 1.38. The molecule has 1 aromatic heterocycles. The van der Waals surface area contributed by atoms with Crippen molar-refractivity contribution >= 4 is 35.0 Å². The van der Waals surface area contributed by atoms with Gasteiger partial charge in [-0.1, -0.05) is 0 Å². The molecule has 2 saturated heterocycles. The summed E-state index contributed by atoms with van der Waals surface area (Å²) in [6.45, 7) is 4.54. The molecule has 0 aromatic carbocycles. The van der Waals surface area contributed by atoms with Crippen LogP contribution in [0.2, 0.25) is 0 Å². The third-order valence-electron chi connectivity index (χ3n) is 4.86. The van der Waals surface area contributed by atoms with E-state index in [2.05, 4.69) is 5.32 Å². The monoisotopic (exact) mass is 392 g/mol. The van der Waals surface area contributed by atoms with E-state index in [0.717, 1.165) is 17.7 Å². The molecule has 8 nitrogen and oxygen atoms in total. The number of amides is 4. The molecule has 0 bridgehead atoms. The van der Waals surface area contributed by atoms with Crippen molar-refractivity contribution in [2.24, 2.45) is 0 Å². The van der Waals surface area contributed by atoms with E-state index in [1.54, 1.807) is 15.9 Å². The summed E-state index contributed by atoms with van der Waals surface area (Å²) in [6, 6.07) is 3.60. The van der Waals surface area contributed by atoms with Gasteiger partial charge in [0.15, 0.2) is 0 Å². The molecule has 0 spiro atoms. The van der Waals surface area contributed by atoms with Gasteiger partial charge >= 0.3 is 11.8 Å². The van der Waals surface area contributed by atoms with Gasteiger partial charge in [0.25, 0.3) is 5.91 Å². The molecule has 3 heterocycles. The van der Waals surface area contributed by atoms with Crippen molar-refractivity contribution < 1.29 is 19.2 Å². The van der Waals surface area contributed by atoms with Crippen LogP contribution in [-0.2, 0) is 14.4 Å². The third kappa shape index (κ3) is 4.65. The molecule has 0 radical (unpaired) electrons. The largest absolute Gasteiger partial charge is 0.342 e. The zero-order valence-electron chi connectivity index (χ0n) is 15.4. The van der Waals surface area contributed by atoms with Crippen LogP contribution in [0.3, 0.4) is 0 Å². The van der Waals surface area contributed by atoms with Gasteiger partial charge in [0, 0.05) is 44.1 Å². The highest BCUT2D eigenvalue weighted by atomic mass is 32.1. The number of hydrogen-bond donors (Lipinski definition) is 1. The van der Waals surface area contributed by atoms with Crippen LogP contribution in [0, 0.1) is 6.92 Å². The number of nitrogens with one attached hydrogen (secondary N) is 1. The molecule has 2 aliphatic rings. The Labute approximate surface area is 162 Å². The number of nitrogens with zero attached hydrogens (tertiary/aromatic N) is 3. The quantitative estimate of drug-likeness (QED) is 0.738. The third-order valence-corrected chi connectivity index (χ3v) is 5.86. The van der Waals surface area contributed by atoms with Crippen LogP contribution in [-0.4, -0.2) is 84.1 Å². The minimum Gasteiger partial charge on any atom is -0.342 e. The fraction of sp³-hybridized carbons (Fsp3) is 0.556. The van der Waals surface area contributed by atoms with Gasteiger partial charge in [0.05, 0.1) is 11.4 Å². The zero-order valence-corrected chi connectivity index (χ0v) is 16.2. The van der Waals surface area contributed by atoms with Crippen molar-refractivity contribution in [2.75, 3.05) is 45.8 Å². The summed E-state index contributed by atoms with van der Waals surface area (Å²) in [7, 11) is 0.